The molecule has 80 valence electrons. The summed E-state index contributed by atoms with van der Waals surface area (Å²) in [6.07, 6.45) is 0. The molecule has 12 nitrogen and oxygen atoms in total. The van der Waals surface area contributed by atoms with Crippen molar-refractivity contribution in [3.63, 3.8) is 0 Å². The molecule has 0 aliphatic rings. The van der Waals surface area contributed by atoms with Crippen LogP contribution < -0.4 is 0 Å². The highest BCUT2D eigenvalue weighted by Gasteiger charge is 2.22. The third-order valence-corrected chi connectivity index (χ3v) is 0. The molecule has 13 heteroatoms. The summed E-state index contributed by atoms with van der Waals surface area (Å²) in [6, 6.07) is 0. The second-order valence-corrected chi connectivity index (χ2v) is 1.80. The molecule has 0 bridgehead atoms. The van der Waals surface area contributed by atoms with Gasteiger partial charge in [-0.3, -0.25) is 0 Å². The first-order valence-electron chi connectivity index (χ1n) is 1.71. The van der Waals surface area contributed by atoms with Gasteiger partial charge in [0.1, 0.15) is 0 Å². The van der Waals surface area contributed by atoms with Crippen LogP contribution in [0.4, 0.5) is 0 Å². The van der Waals surface area contributed by atoms with Crippen molar-refractivity contribution in [2.75, 3.05) is 0 Å². The quantitative estimate of drug-likeness (QED) is 0.180. The van der Waals surface area contributed by atoms with Gasteiger partial charge in [-0.05, 0) is 0 Å². The van der Waals surface area contributed by atoms with Crippen LogP contribution in [0.5, 0.6) is 0 Å². The van der Waals surface area contributed by atoms with Gasteiger partial charge >= 0.3 is 9.05 Å². The molecule has 8 N–H and O–H groups in total. The number of rotatable bonds is 0. The van der Waals surface area contributed by atoms with Crippen LogP contribution in [0.15, 0.2) is 0 Å². The summed E-state index contributed by atoms with van der Waals surface area (Å²) in [7, 11) is -4.61. The van der Waals surface area contributed by atoms with Crippen LogP contribution in [0.1, 0.15) is 0 Å². The van der Waals surface area contributed by atoms with E-state index in [1.807, 2.05) is 0 Å². The molecule has 0 aromatic rings. The van der Waals surface area contributed by atoms with Crippen molar-refractivity contribution in [3.8, 4) is 0 Å². The van der Waals surface area contributed by atoms with Crippen LogP contribution in [-0.4, -0.2) is 28.2 Å². The van der Waals surface area contributed by atoms with E-state index in [1.54, 1.807) is 0 Å². The maximum Gasteiger partial charge on any atom is 0.668 e. The maximum atomic E-state index is 7.50. The van der Waals surface area contributed by atoms with E-state index in [1.165, 1.54) is 0 Å². The Morgan fingerprint density at radius 1 is 0.538 bits per heavy atom. The zero-order valence-corrected chi connectivity index (χ0v) is 6.92. The minimum absolute atomic E-state index is 4.50. The van der Waals surface area contributed by atoms with Gasteiger partial charge in [0.25, 0.3) is 0 Å². The van der Waals surface area contributed by atoms with Crippen molar-refractivity contribution in [1.29, 1.82) is 22.4 Å². The lowest BCUT2D eigenvalue weighted by atomic mass is 13.8. The molecule has 0 aromatic carbocycles. The van der Waals surface area contributed by atoms with E-state index < -0.39 is 9.05 Å². The fourth-order valence-electron chi connectivity index (χ4n) is 0. The topological polar surface area (TPSA) is 245 Å². The van der Waals surface area contributed by atoms with Crippen LogP contribution in [0.3, 0.4) is 0 Å². The van der Waals surface area contributed by atoms with E-state index in [9.17, 15) is 0 Å². The van der Waals surface area contributed by atoms with E-state index in [-0.39, 0.29) is 0 Å². The van der Waals surface area contributed by atoms with E-state index in [0.717, 1.165) is 0 Å². The second kappa shape index (κ2) is 47.1. The van der Waals surface area contributed by atoms with Crippen LogP contribution in [0.2, 0.25) is 0 Å². The van der Waals surface area contributed by atoms with Crippen molar-refractivity contribution >= 4 is 9.05 Å². The lowest BCUT2D eigenvalue weighted by molar-refractivity contribution is 0.117. The Balaban J connectivity index is -0.0000000230. The first-order valence-corrected chi connectivity index (χ1v) is 3.50. The smallest absolute Gasteiger partial charge is 0.368 e. The molecule has 0 aliphatic carbocycles. The fraction of sp³-hybridized carbons (Fsp3) is 0. The molecule has 0 unspecified atom stereocenters. The largest absolute Gasteiger partial charge is 0.668 e. The van der Waals surface area contributed by atoms with Gasteiger partial charge in [-0.2, -0.15) is 19.6 Å². The zero-order chi connectivity index (χ0) is 12.5. The number of hydrogen-bond acceptors (Lipinski definition) is 12. The van der Waals surface area contributed by atoms with Crippen molar-refractivity contribution in [2.24, 2.45) is 0 Å². The normalized spacial score (nSPS) is 5.85. The molecule has 0 rings (SSSR count). The predicted octanol–water partition coefficient (Wildman–Crippen LogP) is -1.28. The molecule has 0 aliphatic heterocycles. The summed E-state index contributed by atoms with van der Waals surface area (Å²) >= 11 is 0. The highest BCUT2D eigenvalue weighted by Crippen LogP contribution is 1.67. The fourth-order valence-corrected chi connectivity index (χ4v) is 0. The van der Waals surface area contributed by atoms with Gasteiger partial charge in [0.05, 0.1) is 0 Å². The van der Waals surface area contributed by atoms with Gasteiger partial charge in [-0.15, -0.1) is 0 Å². The summed E-state index contributed by atoms with van der Waals surface area (Å²) in [5.41, 5.74) is 18.0. The summed E-state index contributed by atoms with van der Waals surface area (Å²) in [5.74, 6) is 0. The maximum absolute atomic E-state index is 7.50. The van der Waals surface area contributed by atoms with Crippen molar-refractivity contribution in [1.82, 2.24) is 0 Å². The third-order valence-electron chi connectivity index (χ3n) is 0. The number of nitrogens with one attached hydrogen (secondary N) is 4. The minimum atomic E-state index is -4.61. The number of hydrogen-bond donors (Lipinski definition) is 8. The SMILES string of the molecule is N=O.N=O.N=O.N=O.O[Si](O)(O)O. The molecule has 0 saturated carbocycles. The van der Waals surface area contributed by atoms with Crippen LogP contribution in [0.25, 0.3) is 0 Å². The molecule has 13 heavy (non-hydrogen) atoms. The Bertz CT molecular complexity index is 59.0. The van der Waals surface area contributed by atoms with Crippen LogP contribution in [0, 0.1) is 42.0 Å². The predicted molar refractivity (Wildman–Crippen MR) is 39.0 cm³/mol. The Morgan fingerprint density at radius 2 is 0.538 bits per heavy atom. The van der Waals surface area contributed by atoms with Crippen molar-refractivity contribution < 1.29 is 19.2 Å². The standard InChI is InChI=1S/4HNO.H4O4Si/c4*1-2;1-5(2,3)4/h4*1H;1-4H. The van der Waals surface area contributed by atoms with Gasteiger partial charge in [0, 0.05) is 0 Å². The summed E-state index contributed by atoms with van der Waals surface area (Å²) in [6.45, 7) is 0. The van der Waals surface area contributed by atoms with Gasteiger partial charge in [0.15, 0.2) is 0 Å². The molecule has 0 saturated heterocycles. The third kappa shape index (κ3) is 314. The highest BCUT2D eigenvalue weighted by molar-refractivity contribution is 6.46. The summed E-state index contributed by atoms with van der Waals surface area (Å²) in [5, 5.41) is 0. The molecule has 0 spiro atoms. The molecule has 0 atom stereocenters. The van der Waals surface area contributed by atoms with E-state index in [0.29, 0.717) is 0 Å². The molecule has 0 radical (unpaired) electrons. The van der Waals surface area contributed by atoms with Crippen LogP contribution >= 0.6 is 0 Å². The number of nitroso groups, excluding NO2 is 4. The molecular formula is H8N4O8Si. The lowest BCUT2D eigenvalue weighted by Crippen LogP contribution is -2.33. The van der Waals surface area contributed by atoms with E-state index in [4.69, 9.17) is 38.8 Å². The first-order chi connectivity index (χ1) is 6.00. The Morgan fingerprint density at radius 3 is 0.538 bits per heavy atom. The van der Waals surface area contributed by atoms with Crippen LogP contribution in [-0.2, 0) is 0 Å². The van der Waals surface area contributed by atoms with Gasteiger partial charge in [-0.25, -0.2) is 0 Å². The molecule has 0 heterocycles. The van der Waals surface area contributed by atoms with Gasteiger partial charge in [-0.1, -0.05) is 22.4 Å². The van der Waals surface area contributed by atoms with E-state index in [2.05, 4.69) is 22.4 Å². The molecule has 0 aromatic heterocycles. The average Bonchev–Trinajstić information content (AvgIpc) is 2.14. The minimum Gasteiger partial charge on any atom is -0.368 e. The second-order valence-electron chi connectivity index (χ2n) is 0.600. The first kappa shape index (κ1) is 30.0. The monoisotopic (exact) mass is 220 g/mol. The Hall–Kier alpha value is -1.54. The average molecular weight is 220 g/mol. The van der Waals surface area contributed by atoms with Crippen molar-refractivity contribution in [2.45, 2.75) is 0 Å². The Kier molecular flexibility index (Phi) is 109. The molecule has 0 fully saturated rings. The van der Waals surface area contributed by atoms with Gasteiger partial charge < -0.3 is 19.2 Å². The lowest BCUT2D eigenvalue weighted by Gasteiger charge is -1.91. The Labute approximate surface area is 71.4 Å². The summed E-state index contributed by atoms with van der Waals surface area (Å²) < 4.78 is 0. The highest BCUT2D eigenvalue weighted by atomic mass is 28.4. The summed E-state index contributed by atoms with van der Waals surface area (Å²) in [4.78, 5) is 59.3. The molecular weight excluding hydrogens is 212 g/mol. The van der Waals surface area contributed by atoms with Crippen molar-refractivity contribution in [3.05, 3.63) is 19.6 Å². The van der Waals surface area contributed by atoms with E-state index >= 15 is 0 Å². The molecule has 0 amide bonds. The zero-order valence-electron chi connectivity index (χ0n) is 5.92. The van der Waals surface area contributed by atoms with Gasteiger partial charge in [0.2, 0.25) is 0 Å².